The van der Waals surface area contributed by atoms with Crippen LogP contribution in [0.5, 0.6) is 11.5 Å². The summed E-state index contributed by atoms with van der Waals surface area (Å²) in [7, 11) is 1.70. The molecule has 0 N–H and O–H groups in total. The maximum Gasteiger partial charge on any atom is 0.259 e. The molecule has 0 bridgehead atoms. The van der Waals surface area contributed by atoms with Gasteiger partial charge in [-0.2, -0.15) is 0 Å². The predicted octanol–water partition coefficient (Wildman–Crippen LogP) is 4.80. The molecule has 0 radical (unpaired) electrons. The number of pyridine rings is 1. The van der Waals surface area contributed by atoms with Crippen molar-refractivity contribution in [3.8, 4) is 11.5 Å². The highest BCUT2D eigenvalue weighted by Gasteiger charge is 2.17. The monoisotopic (exact) mass is 338 g/mol. The molecule has 0 aliphatic heterocycles. The fraction of sp³-hybridized carbons (Fsp3) is 0.0526. The van der Waals surface area contributed by atoms with Gasteiger partial charge in [0.15, 0.2) is 5.75 Å². The van der Waals surface area contributed by atoms with Gasteiger partial charge in [0, 0.05) is 13.2 Å². The summed E-state index contributed by atoms with van der Waals surface area (Å²) in [5.74, 6) is 1.11. The zero-order valence-electron chi connectivity index (χ0n) is 13.0. The number of rotatable bonds is 4. The van der Waals surface area contributed by atoms with Crippen molar-refractivity contribution in [1.29, 1.82) is 0 Å². The van der Waals surface area contributed by atoms with Gasteiger partial charge in [-0.05, 0) is 36.4 Å². The van der Waals surface area contributed by atoms with Crippen LogP contribution in [0.2, 0.25) is 5.15 Å². The van der Waals surface area contributed by atoms with Crippen molar-refractivity contribution >= 4 is 23.2 Å². The lowest BCUT2D eigenvalue weighted by Gasteiger charge is -2.20. The van der Waals surface area contributed by atoms with Gasteiger partial charge in [0.2, 0.25) is 0 Å². The van der Waals surface area contributed by atoms with Gasteiger partial charge in [-0.1, -0.05) is 41.9 Å². The van der Waals surface area contributed by atoms with Crippen LogP contribution in [0.25, 0.3) is 0 Å². The highest BCUT2D eigenvalue weighted by molar-refractivity contribution is 6.29. The molecular weight excluding hydrogens is 324 g/mol. The summed E-state index contributed by atoms with van der Waals surface area (Å²) in [5, 5.41) is 0.349. The number of para-hydroxylation sites is 3. The van der Waals surface area contributed by atoms with Crippen LogP contribution in [0, 0.1) is 0 Å². The standard InChI is InChI=1S/C19H15ClN2O2/c1-22(19(23)14-11-12-18(20)21-13-14)16-9-5-6-10-17(16)24-15-7-3-2-4-8-15/h2-13H,1H3. The zero-order valence-corrected chi connectivity index (χ0v) is 13.8. The molecular formula is C19H15ClN2O2. The summed E-state index contributed by atoms with van der Waals surface area (Å²) in [4.78, 5) is 18.1. The Hall–Kier alpha value is -2.85. The Bertz CT molecular complexity index is 836. The lowest BCUT2D eigenvalue weighted by atomic mass is 10.2. The van der Waals surface area contributed by atoms with Gasteiger partial charge >= 0.3 is 0 Å². The Labute approximate surface area is 145 Å². The molecule has 24 heavy (non-hydrogen) atoms. The SMILES string of the molecule is CN(C(=O)c1ccc(Cl)nc1)c1ccccc1Oc1ccccc1. The molecule has 120 valence electrons. The van der Waals surface area contributed by atoms with Crippen LogP contribution in [0.4, 0.5) is 5.69 Å². The number of nitrogens with zero attached hydrogens (tertiary/aromatic N) is 2. The maximum atomic E-state index is 12.6. The first kappa shape index (κ1) is 16.0. The van der Waals surface area contributed by atoms with Gasteiger partial charge in [-0.3, -0.25) is 4.79 Å². The zero-order chi connectivity index (χ0) is 16.9. The van der Waals surface area contributed by atoms with Crippen LogP contribution in [-0.2, 0) is 0 Å². The van der Waals surface area contributed by atoms with Crippen LogP contribution in [-0.4, -0.2) is 17.9 Å². The Morgan fingerprint density at radius 1 is 1.00 bits per heavy atom. The number of benzene rings is 2. The van der Waals surface area contributed by atoms with Crippen molar-refractivity contribution in [1.82, 2.24) is 4.98 Å². The molecule has 0 spiro atoms. The van der Waals surface area contributed by atoms with Crippen molar-refractivity contribution in [2.75, 3.05) is 11.9 Å². The molecule has 1 heterocycles. The van der Waals surface area contributed by atoms with Crippen LogP contribution >= 0.6 is 11.6 Å². The number of amides is 1. The molecule has 0 saturated heterocycles. The largest absolute Gasteiger partial charge is 0.455 e. The van der Waals surface area contributed by atoms with Crippen LogP contribution in [0.1, 0.15) is 10.4 Å². The van der Waals surface area contributed by atoms with Gasteiger partial charge in [0.1, 0.15) is 10.9 Å². The first-order valence-electron chi connectivity index (χ1n) is 7.36. The number of carbonyl (C=O) groups excluding carboxylic acids is 1. The second-order valence-electron chi connectivity index (χ2n) is 5.12. The smallest absolute Gasteiger partial charge is 0.259 e. The van der Waals surface area contributed by atoms with E-state index < -0.39 is 0 Å². The molecule has 4 nitrogen and oxygen atoms in total. The lowest BCUT2D eigenvalue weighted by Crippen LogP contribution is -2.26. The number of aromatic nitrogens is 1. The summed E-state index contributed by atoms with van der Waals surface area (Å²) in [6.45, 7) is 0. The van der Waals surface area contributed by atoms with Gasteiger partial charge in [-0.25, -0.2) is 4.98 Å². The fourth-order valence-corrected chi connectivity index (χ4v) is 2.35. The molecule has 0 aliphatic carbocycles. The molecule has 1 aromatic heterocycles. The van der Waals surface area contributed by atoms with E-state index in [1.807, 2.05) is 54.6 Å². The van der Waals surface area contributed by atoms with E-state index in [2.05, 4.69) is 4.98 Å². The number of hydrogen-bond acceptors (Lipinski definition) is 3. The van der Waals surface area contributed by atoms with Crippen molar-refractivity contribution in [3.63, 3.8) is 0 Å². The highest BCUT2D eigenvalue weighted by atomic mass is 35.5. The second kappa shape index (κ2) is 7.15. The van der Waals surface area contributed by atoms with E-state index in [0.29, 0.717) is 27.9 Å². The van der Waals surface area contributed by atoms with E-state index in [9.17, 15) is 4.79 Å². The fourth-order valence-electron chi connectivity index (χ4n) is 2.24. The molecule has 0 unspecified atom stereocenters. The lowest BCUT2D eigenvalue weighted by molar-refractivity contribution is 0.0992. The van der Waals surface area contributed by atoms with E-state index in [-0.39, 0.29) is 5.91 Å². The molecule has 2 aromatic carbocycles. The molecule has 3 rings (SSSR count). The number of hydrogen-bond donors (Lipinski definition) is 0. The molecule has 0 fully saturated rings. The maximum absolute atomic E-state index is 12.6. The summed E-state index contributed by atoms with van der Waals surface area (Å²) in [6, 6.07) is 20.1. The average molecular weight is 339 g/mol. The molecule has 0 aliphatic rings. The van der Waals surface area contributed by atoms with Gasteiger partial charge < -0.3 is 9.64 Å². The number of anilines is 1. The first-order valence-corrected chi connectivity index (χ1v) is 7.74. The molecule has 0 atom stereocenters. The van der Waals surface area contributed by atoms with E-state index >= 15 is 0 Å². The van der Waals surface area contributed by atoms with E-state index in [1.165, 1.54) is 11.1 Å². The van der Waals surface area contributed by atoms with Crippen LogP contribution in [0.15, 0.2) is 72.9 Å². The topological polar surface area (TPSA) is 42.4 Å². The summed E-state index contributed by atoms with van der Waals surface area (Å²) >= 11 is 5.77. The van der Waals surface area contributed by atoms with Crippen molar-refractivity contribution in [3.05, 3.63) is 83.6 Å². The van der Waals surface area contributed by atoms with E-state index in [4.69, 9.17) is 16.3 Å². The van der Waals surface area contributed by atoms with Crippen LogP contribution < -0.4 is 9.64 Å². The van der Waals surface area contributed by atoms with Crippen molar-refractivity contribution < 1.29 is 9.53 Å². The Kier molecular flexibility index (Phi) is 4.77. The van der Waals surface area contributed by atoms with E-state index in [0.717, 1.165) is 0 Å². The molecule has 0 saturated carbocycles. The average Bonchev–Trinajstić information content (AvgIpc) is 2.62. The Morgan fingerprint density at radius 2 is 1.71 bits per heavy atom. The summed E-state index contributed by atoms with van der Waals surface area (Å²) in [6.07, 6.45) is 1.46. The van der Waals surface area contributed by atoms with Crippen molar-refractivity contribution in [2.45, 2.75) is 0 Å². The third kappa shape index (κ3) is 3.55. The Balaban J connectivity index is 1.88. The quantitative estimate of drug-likeness (QED) is 0.641. The molecule has 1 amide bonds. The van der Waals surface area contributed by atoms with Gasteiger partial charge in [-0.15, -0.1) is 0 Å². The van der Waals surface area contributed by atoms with Gasteiger partial charge in [0.05, 0.1) is 11.3 Å². The molecule has 3 aromatic rings. The molecule has 5 heteroatoms. The predicted molar refractivity (Wildman–Crippen MR) is 94.9 cm³/mol. The normalized spacial score (nSPS) is 10.2. The second-order valence-corrected chi connectivity index (χ2v) is 5.50. The third-order valence-corrected chi connectivity index (χ3v) is 3.70. The Morgan fingerprint density at radius 3 is 2.42 bits per heavy atom. The first-order chi connectivity index (χ1) is 11.6. The minimum atomic E-state index is -0.191. The van der Waals surface area contributed by atoms with E-state index in [1.54, 1.807) is 19.2 Å². The number of halogens is 1. The minimum absolute atomic E-state index is 0.191. The summed E-state index contributed by atoms with van der Waals surface area (Å²) < 4.78 is 5.91. The number of carbonyl (C=O) groups is 1. The minimum Gasteiger partial charge on any atom is -0.455 e. The number of ether oxygens (including phenoxy) is 1. The highest BCUT2D eigenvalue weighted by Crippen LogP contribution is 2.32. The van der Waals surface area contributed by atoms with Gasteiger partial charge in [0.25, 0.3) is 5.91 Å². The summed E-state index contributed by atoms with van der Waals surface area (Å²) in [5.41, 5.74) is 1.12. The van der Waals surface area contributed by atoms with Crippen LogP contribution in [0.3, 0.4) is 0 Å². The van der Waals surface area contributed by atoms with Crippen molar-refractivity contribution in [2.24, 2.45) is 0 Å². The third-order valence-electron chi connectivity index (χ3n) is 3.48.